The van der Waals surface area contributed by atoms with Gasteiger partial charge < -0.3 is 5.73 Å². The van der Waals surface area contributed by atoms with Gasteiger partial charge in [-0.05, 0) is 24.5 Å². The highest BCUT2D eigenvalue weighted by atomic mass is 15.3. The molecule has 2 N–H and O–H groups in total. The monoisotopic (exact) mass is 179 g/mol. The number of aromatic nitrogens is 3. The summed E-state index contributed by atoms with van der Waals surface area (Å²) in [5.74, 6) is 0.248. The van der Waals surface area contributed by atoms with Crippen LogP contribution in [0.4, 0.5) is 5.69 Å². The van der Waals surface area contributed by atoms with Crippen LogP contribution >= 0.6 is 0 Å². The molecule has 0 aliphatic rings. The van der Waals surface area contributed by atoms with Crippen molar-refractivity contribution in [1.82, 2.24) is 14.8 Å². The maximum Gasteiger partial charge on any atom is 0.153 e. The summed E-state index contributed by atoms with van der Waals surface area (Å²) in [6.07, 6.45) is 0.561. The van der Waals surface area contributed by atoms with Gasteiger partial charge in [-0.25, -0.2) is 9.67 Å². The predicted octanol–water partition coefficient (Wildman–Crippen LogP) is 1.16. The fraction of sp³-hybridized carbons (Fsp3) is 0.111. The van der Waals surface area contributed by atoms with Gasteiger partial charge in [-0.3, -0.25) is 0 Å². The number of hydrogen-bond donors (Lipinski definition) is 1. The van der Waals surface area contributed by atoms with Crippen LogP contribution in [0.3, 0.4) is 0 Å². The van der Waals surface area contributed by atoms with E-state index in [1.54, 1.807) is 6.07 Å². The number of nitrogens with two attached hydrogens (primary N) is 1. The maximum atomic E-state index is 7.76. The largest absolute Gasteiger partial charge is 0.397 e. The molecule has 0 saturated carbocycles. The number of nitrogen functional groups attached to an aromatic ring is 1. The molecule has 0 saturated heterocycles. The molecule has 66 valence electrons. The molecule has 2 aromatic rings. The molecule has 2 aromatic heterocycles. The second-order valence-electron chi connectivity index (χ2n) is 2.46. The molecule has 4 nitrogen and oxygen atoms in total. The Labute approximate surface area is 83.0 Å². The van der Waals surface area contributed by atoms with Crippen molar-refractivity contribution in [3.8, 4) is 5.82 Å². The Morgan fingerprint density at radius 1 is 1.62 bits per heavy atom. The normalized spacial score (nSPS) is 16.8. The molecule has 0 aliphatic carbocycles. The average Bonchev–Trinajstić information content (AvgIpc) is 2.54. The van der Waals surface area contributed by atoms with Crippen molar-refractivity contribution in [2.24, 2.45) is 0 Å². The summed E-state index contributed by atoms with van der Waals surface area (Å²) in [7, 11) is 0. The first kappa shape index (κ1) is 3.91. The second-order valence-corrected chi connectivity index (χ2v) is 2.46. The van der Waals surface area contributed by atoms with Crippen LogP contribution in [0, 0.1) is 6.85 Å². The first-order valence-corrected chi connectivity index (χ1v) is 3.59. The van der Waals surface area contributed by atoms with Crippen molar-refractivity contribution >= 4 is 5.69 Å². The highest BCUT2D eigenvalue weighted by Crippen LogP contribution is 2.06. The molecule has 4 heteroatoms. The lowest BCUT2D eigenvalue weighted by molar-refractivity contribution is 0.847. The number of anilines is 1. The van der Waals surface area contributed by atoms with Crippen molar-refractivity contribution in [1.29, 1.82) is 0 Å². The van der Waals surface area contributed by atoms with Crippen molar-refractivity contribution in [3.05, 3.63) is 36.2 Å². The van der Waals surface area contributed by atoms with Gasteiger partial charge in [0.05, 0.1) is 20.8 Å². The Morgan fingerprint density at radius 3 is 3.15 bits per heavy atom. The average molecular weight is 179 g/mol. The molecule has 0 aliphatic heterocycles. The van der Waals surface area contributed by atoms with Crippen LogP contribution < -0.4 is 5.73 Å². The van der Waals surface area contributed by atoms with Gasteiger partial charge in [0.2, 0.25) is 0 Å². The van der Waals surface area contributed by atoms with E-state index in [-0.39, 0.29) is 17.6 Å². The third kappa shape index (κ3) is 1.51. The van der Waals surface area contributed by atoms with Crippen molar-refractivity contribution in [3.63, 3.8) is 0 Å². The smallest absolute Gasteiger partial charge is 0.153 e. The van der Waals surface area contributed by atoms with E-state index in [1.807, 2.05) is 0 Å². The van der Waals surface area contributed by atoms with Crippen LogP contribution in [0.1, 0.15) is 12.4 Å². The van der Waals surface area contributed by atoms with Gasteiger partial charge in [0.25, 0.3) is 0 Å². The summed E-state index contributed by atoms with van der Waals surface area (Å²) in [6, 6.07) is 3.06. The SMILES string of the molecule is [2H]c1nn(-c2ccc(N)cn2)c([2H])c1C([2H])([2H])[2H]. The van der Waals surface area contributed by atoms with Gasteiger partial charge in [0.1, 0.15) is 0 Å². The molecule has 0 amide bonds. The Bertz CT molecular complexity index is 572. The highest BCUT2D eigenvalue weighted by Gasteiger charge is 1.97. The maximum absolute atomic E-state index is 7.76. The summed E-state index contributed by atoms with van der Waals surface area (Å²) in [5.41, 5.74) is 5.54. The van der Waals surface area contributed by atoms with E-state index in [4.69, 9.17) is 12.6 Å². The lowest BCUT2D eigenvalue weighted by Crippen LogP contribution is -1.97. The lowest BCUT2D eigenvalue weighted by atomic mass is 10.4. The van der Waals surface area contributed by atoms with Crippen molar-refractivity contribution in [2.45, 2.75) is 6.85 Å². The van der Waals surface area contributed by atoms with Gasteiger partial charge in [0, 0.05) is 10.3 Å². The van der Waals surface area contributed by atoms with Crippen LogP contribution in [-0.4, -0.2) is 14.8 Å². The molecule has 0 fully saturated rings. The molecule has 0 unspecified atom stereocenters. The van der Waals surface area contributed by atoms with E-state index < -0.39 is 13.0 Å². The Kier molecular flexibility index (Phi) is 0.871. The number of hydrogen-bond acceptors (Lipinski definition) is 3. The zero-order valence-electron chi connectivity index (χ0n) is 11.7. The molecule has 0 atom stereocenters. The molecule has 2 rings (SSSR count). The molecule has 0 aromatic carbocycles. The molecule has 13 heavy (non-hydrogen) atoms. The van der Waals surface area contributed by atoms with Crippen molar-refractivity contribution in [2.75, 3.05) is 5.73 Å². The third-order valence-corrected chi connectivity index (χ3v) is 1.47. The topological polar surface area (TPSA) is 56.7 Å². The van der Waals surface area contributed by atoms with Gasteiger partial charge >= 0.3 is 0 Å². The molecule has 2 heterocycles. The fourth-order valence-corrected chi connectivity index (χ4v) is 0.887. The van der Waals surface area contributed by atoms with Gasteiger partial charge in [0.15, 0.2) is 5.82 Å². The van der Waals surface area contributed by atoms with E-state index in [0.29, 0.717) is 5.69 Å². The fourth-order valence-electron chi connectivity index (χ4n) is 0.887. The standard InChI is InChI=1S/C9H10N4/c1-7-4-12-13(6-7)9-3-2-8(10)5-11-9/h2-6H,10H2,1H3/i1D3,4D,6D. The molecular formula is C9H10N4. The predicted molar refractivity (Wildman–Crippen MR) is 50.5 cm³/mol. The van der Waals surface area contributed by atoms with E-state index in [2.05, 4.69) is 10.1 Å². The van der Waals surface area contributed by atoms with Gasteiger partial charge in [-0.15, -0.1) is 0 Å². The zero-order valence-corrected chi connectivity index (χ0v) is 6.65. The van der Waals surface area contributed by atoms with Crippen LogP contribution in [0.25, 0.3) is 5.82 Å². The van der Waals surface area contributed by atoms with Crippen LogP contribution in [-0.2, 0) is 0 Å². The Morgan fingerprint density at radius 2 is 2.54 bits per heavy atom. The third-order valence-electron chi connectivity index (χ3n) is 1.47. The Hall–Kier alpha value is -1.84. The van der Waals surface area contributed by atoms with Crippen LogP contribution in [0.2, 0.25) is 0 Å². The second kappa shape index (κ2) is 2.90. The van der Waals surface area contributed by atoms with Crippen LogP contribution in [0.5, 0.6) is 0 Å². The molecule has 0 spiro atoms. The summed E-state index contributed by atoms with van der Waals surface area (Å²) < 4.78 is 38.1. The summed E-state index contributed by atoms with van der Waals surface area (Å²) in [6.45, 7) is -2.54. The summed E-state index contributed by atoms with van der Waals surface area (Å²) in [4.78, 5) is 3.93. The first-order chi connectivity index (χ1) is 8.30. The highest BCUT2D eigenvalue weighted by molar-refractivity contribution is 5.38. The molecular weight excluding hydrogens is 164 g/mol. The van der Waals surface area contributed by atoms with E-state index in [9.17, 15) is 0 Å². The number of nitrogens with zero attached hydrogens (tertiary/aromatic N) is 3. The van der Waals surface area contributed by atoms with Gasteiger partial charge in [-0.2, -0.15) is 5.10 Å². The van der Waals surface area contributed by atoms with E-state index >= 15 is 0 Å². The zero-order chi connectivity index (χ0) is 13.5. The minimum atomic E-state index is -2.54. The Balaban J connectivity index is 2.57. The summed E-state index contributed by atoms with van der Waals surface area (Å²) in [5, 5.41) is 3.71. The van der Waals surface area contributed by atoms with E-state index in [1.165, 1.54) is 12.3 Å². The molecule has 0 bridgehead atoms. The van der Waals surface area contributed by atoms with Gasteiger partial charge in [-0.1, -0.05) is 0 Å². The quantitative estimate of drug-likeness (QED) is 0.714. The molecule has 0 radical (unpaired) electrons. The number of pyridine rings is 1. The van der Waals surface area contributed by atoms with E-state index in [0.717, 1.165) is 4.68 Å². The minimum absolute atomic E-state index is 0.248. The number of rotatable bonds is 1. The summed E-state index contributed by atoms with van der Waals surface area (Å²) >= 11 is 0. The van der Waals surface area contributed by atoms with Crippen molar-refractivity contribution < 1.29 is 6.85 Å². The lowest BCUT2D eigenvalue weighted by Gasteiger charge is -1.99. The van der Waals surface area contributed by atoms with Crippen LogP contribution in [0.15, 0.2) is 30.7 Å². The first-order valence-electron chi connectivity index (χ1n) is 6.09. The minimum Gasteiger partial charge on any atom is -0.397 e.